The number of rotatable bonds is 2. The zero-order valence-electron chi connectivity index (χ0n) is 14.7. The van der Waals surface area contributed by atoms with Crippen LogP contribution in [0.4, 0.5) is 9.93 Å². The van der Waals surface area contributed by atoms with Crippen molar-refractivity contribution < 1.29 is 14.3 Å². The lowest BCUT2D eigenvalue weighted by molar-refractivity contribution is -0.121. The van der Waals surface area contributed by atoms with Crippen molar-refractivity contribution in [1.29, 1.82) is 0 Å². The van der Waals surface area contributed by atoms with Crippen molar-refractivity contribution in [3.8, 4) is 0 Å². The van der Waals surface area contributed by atoms with Crippen LogP contribution in [0.25, 0.3) is 10.2 Å². The Morgan fingerprint density at radius 2 is 1.92 bits per heavy atom. The van der Waals surface area contributed by atoms with Gasteiger partial charge in [-0.25, -0.2) is 9.78 Å². The van der Waals surface area contributed by atoms with E-state index >= 15 is 0 Å². The molecule has 0 radical (unpaired) electrons. The number of nitrogens with zero attached hydrogens (tertiary/aromatic N) is 2. The van der Waals surface area contributed by atoms with E-state index in [2.05, 4.69) is 10.3 Å². The lowest BCUT2D eigenvalue weighted by Crippen LogP contribution is -2.43. The first-order valence-corrected chi connectivity index (χ1v) is 9.28. The van der Waals surface area contributed by atoms with Gasteiger partial charge in [-0.15, -0.1) is 0 Å². The van der Waals surface area contributed by atoms with Crippen molar-refractivity contribution in [2.75, 3.05) is 18.4 Å². The summed E-state index contributed by atoms with van der Waals surface area (Å²) in [5.74, 6) is -0.131. The molecule has 1 aliphatic heterocycles. The molecule has 0 aliphatic carbocycles. The molecule has 2 amide bonds. The van der Waals surface area contributed by atoms with Crippen LogP contribution in [-0.4, -0.2) is 40.6 Å². The standard InChI is InChI=1S/C18H23N3O3S/c1-18(2,3)24-17(23)21-10-8-12(9-11-21)15(22)20-16-19-13-6-4-5-7-14(13)25-16/h4-7,12H,8-11H2,1-3H3,(H,19,20,22). The molecule has 3 rings (SSSR count). The smallest absolute Gasteiger partial charge is 0.410 e. The number of likely N-dealkylation sites (tertiary alicyclic amines) is 1. The third-order valence-corrected chi connectivity index (χ3v) is 4.99. The van der Waals surface area contributed by atoms with Gasteiger partial charge in [0.2, 0.25) is 5.91 Å². The highest BCUT2D eigenvalue weighted by Gasteiger charge is 2.30. The van der Waals surface area contributed by atoms with Gasteiger partial charge in [-0.2, -0.15) is 0 Å². The van der Waals surface area contributed by atoms with Crippen LogP contribution in [0.1, 0.15) is 33.6 Å². The maximum Gasteiger partial charge on any atom is 0.410 e. The number of carbonyl (C=O) groups excluding carboxylic acids is 2. The van der Waals surface area contributed by atoms with E-state index in [4.69, 9.17) is 4.74 Å². The van der Waals surface area contributed by atoms with Crippen molar-refractivity contribution in [3.63, 3.8) is 0 Å². The number of hydrogen-bond acceptors (Lipinski definition) is 5. The molecule has 0 atom stereocenters. The number of ether oxygens (including phenoxy) is 1. The van der Waals surface area contributed by atoms with Gasteiger partial charge in [-0.3, -0.25) is 4.79 Å². The van der Waals surface area contributed by atoms with Crippen molar-refractivity contribution >= 4 is 38.7 Å². The van der Waals surface area contributed by atoms with Gasteiger partial charge in [0.1, 0.15) is 5.60 Å². The largest absolute Gasteiger partial charge is 0.444 e. The molecule has 2 aromatic rings. The second-order valence-corrected chi connectivity index (χ2v) is 8.25. The molecule has 0 saturated carbocycles. The summed E-state index contributed by atoms with van der Waals surface area (Å²) in [6.07, 6.45) is 0.962. The number of benzene rings is 1. The number of hydrogen-bond donors (Lipinski definition) is 1. The first kappa shape index (κ1) is 17.7. The Balaban J connectivity index is 1.54. The number of amides is 2. The third-order valence-electron chi connectivity index (χ3n) is 4.04. The van der Waals surface area contributed by atoms with Gasteiger partial charge >= 0.3 is 6.09 Å². The minimum absolute atomic E-state index is 0.0251. The minimum Gasteiger partial charge on any atom is -0.444 e. The molecule has 1 fully saturated rings. The SMILES string of the molecule is CC(C)(C)OC(=O)N1CCC(C(=O)Nc2nc3ccccc3s2)CC1. The number of carbonyl (C=O) groups is 2. The van der Waals surface area contributed by atoms with E-state index in [9.17, 15) is 9.59 Å². The quantitative estimate of drug-likeness (QED) is 0.881. The van der Waals surface area contributed by atoms with Crippen LogP contribution < -0.4 is 5.32 Å². The number of aromatic nitrogens is 1. The normalized spacial score (nSPS) is 16.0. The lowest BCUT2D eigenvalue weighted by atomic mass is 9.96. The molecular weight excluding hydrogens is 338 g/mol. The topological polar surface area (TPSA) is 71.5 Å². The molecule has 25 heavy (non-hydrogen) atoms. The van der Waals surface area contributed by atoms with Crippen molar-refractivity contribution in [3.05, 3.63) is 24.3 Å². The van der Waals surface area contributed by atoms with Crippen molar-refractivity contribution in [2.45, 2.75) is 39.2 Å². The maximum atomic E-state index is 12.5. The van der Waals surface area contributed by atoms with E-state index < -0.39 is 5.60 Å². The summed E-state index contributed by atoms with van der Waals surface area (Å²) >= 11 is 1.47. The number of nitrogens with one attached hydrogen (secondary N) is 1. The van der Waals surface area contributed by atoms with E-state index in [0.29, 0.717) is 31.1 Å². The molecule has 0 unspecified atom stereocenters. The number of thiazole rings is 1. The number of anilines is 1. The highest BCUT2D eigenvalue weighted by Crippen LogP contribution is 2.27. The van der Waals surface area contributed by atoms with E-state index in [-0.39, 0.29) is 17.9 Å². The first-order valence-electron chi connectivity index (χ1n) is 8.46. The average molecular weight is 361 g/mol. The molecule has 0 spiro atoms. The van der Waals surface area contributed by atoms with Gasteiger partial charge < -0.3 is 15.0 Å². The van der Waals surface area contributed by atoms with E-state index in [0.717, 1.165) is 10.2 Å². The second-order valence-electron chi connectivity index (χ2n) is 7.22. The monoisotopic (exact) mass is 361 g/mol. The van der Waals surface area contributed by atoms with Gasteiger partial charge in [-0.1, -0.05) is 23.5 Å². The zero-order chi connectivity index (χ0) is 18.0. The first-order chi connectivity index (χ1) is 11.8. The molecule has 1 N–H and O–H groups in total. The Kier molecular flexibility index (Phi) is 4.94. The van der Waals surface area contributed by atoms with Crippen LogP contribution in [-0.2, 0) is 9.53 Å². The predicted octanol–water partition coefficient (Wildman–Crippen LogP) is 3.88. The molecule has 7 heteroatoms. The summed E-state index contributed by atoms with van der Waals surface area (Å²) in [7, 11) is 0. The molecule has 6 nitrogen and oxygen atoms in total. The molecule has 1 aliphatic rings. The van der Waals surface area contributed by atoms with Crippen LogP contribution in [0.5, 0.6) is 0 Å². The Morgan fingerprint density at radius 1 is 1.24 bits per heavy atom. The minimum atomic E-state index is -0.502. The van der Waals surface area contributed by atoms with Crippen LogP contribution >= 0.6 is 11.3 Å². The number of para-hydroxylation sites is 1. The number of piperidine rings is 1. The fourth-order valence-corrected chi connectivity index (χ4v) is 3.65. The van der Waals surface area contributed by atoms with Gasteiger partial charge in [0.15, 0.2) is 5.13 Å². The summed E-state index contributed by atoms with van der Waals surface area (Å²) in [4.78, 5) is 30.7. The van der Waals surface area contributed by atoms with Gasteiger partial charge in [0.25, 0.3) is 0 Å². The lowest BCUT2D eigenvalue weighted by Gasteiger charge is -2.32. The Morgan fingerprint density at radius 3 is 2.56 bits per heavy atom. The Labute approximate surface area is 151 Å². The van der Waals surface area contributed by atoms with Crippen LogP contribution in [0.3, 0.4) is 0 Å². The van der Waals surface area contributed by atoms with E-state index in [1.54, 1.807) is 4.90 Å². The Hall–Kier alpha value is -2.15. The van der Waals surface area contributed by atoms with Crippen molar-refractivity contribution in [2.24, 2.45) is 5.92 Å². The molecule has 1 saturated heterocycles. The summed E-state index contributed by atoms with van der Waals surface area (Å²) in [5, 5.41) is 3.54. The summed E-state index contributed by atoms with van der Waals surface area (Å²) in [5.41, 5.74) is 0.389. The van der Waals surface area contributed by atoms with Gasteiger partial charge in [0, 0.05) is 19.0 Å². The molecule has 134 valence electrons. The number of fused-ring (bicyclic) bond motifs is 1. The van der Waals surface area contributed by atoms with Crippen LogP contribution in [0, 0.1) is 5.92 Å². The maximum absolute atomic E-state index is 12.5. The highest BCUT2D eigenvalue weighted by atomic mass is 32.1. The molecular formula is C18H23N3O3S. The highest BCUT2D eigenvalue weighted by molar-refractivity contribution is 7.22. The average Bonchev–Trinajstić information content (AvgIpc) is 2.95. The van der Waals surface area contributed by atoms with Gasteiger partial charge in [-0.05, 0) is 45.7 Å². The van der Waals surface area contributed by atoms with E-state index in [1.165, 1.54) is 11.3 Å². The van der Waals surface area contributed by atoms with Crippen LogP contribution in [0.15, 0.2) is 24.3 Å². The van der Waals surface area contributed by atoms with Gasteiger partial charge in [0.05, 0.1) is 10.2 Å². The molecule has 1 aromatic heterocycles. The third kappa shape index (κ3) is 4.48. The fraction of sp³-hybridized carbons (Fsp3) is 0.500. The predicted molar refractivity (Wildman–Crippen MR) is 98.8 cm³/mol. The summed E-state index contributed by atoms with van der Waals surface area (Å²) < 4.78 is 6.43. The molecule has 0 bridgehead atoms. The molecule has 1 aromatic carbocycles. The fourth-order valence-electron chi connectivity index (χ4n) is 2.78. The molecule has 2 heterocycles. The van der Waals surface area contributed by atoms with Crippen molar-refractivity contribution in [1.82, 2.24) is 9.88 Å². The summed E-state index contributed by atoms with van der Waals surface area (Å²) in [6.45, 7) is 6.62. The Bertz CT molecular complexity index is 740. The second kappa shape index (κ2) is 7.00. The van der Waals surface area contributed by atoms with E-state index in [1.807, 2.05) is 45.0 Å². The van der Waals surface area contributed by atoms with Crippen LogP contribution in [0.2, 0.25) is 0 Å². The summed E-state index contributed by atoms with van der Waals surface area (Å²) in [6, 6.07) is 7.81. The zero-order valence-corrected chi connectivity index (χ0v) is 15.6.